The largest absolute Gasteiger partial charge is 0.379 e. The number of pyridine rings is 2. The van der Waals surface area contributed by atoms with Gasteiger partial charge in [-0.1, -0.05) is 6.07 Å². The molecule has 2 aliphatic rings. The van der Waals surface area contributed by atoms with E-state index in [-0.39, 0.29) is 30.6 Å². The van der Waals surface area contributed by atoms with Gasteiger partial charge in [0, 0.05) is 99.5 Å². The lowest BCUT2D eigenvalue weighted by molar-refractivity contribution is 0.102. The molecule has 2 saturated heterocycles. The predicted molar refractivity (Wildman–Crippen MR) is 237 cm³/mol. The zero-order valence-corrected chi connectivity index (χ0v) is 35.0. The molecule has 6 aromatic heterocycles. The zero-order valence-electron chi connectivity index (χ0n) is 35.0. The number of carbonyl (C=O) groups excluding carboxylic acids is 1. The van der Waals surface area contributed by atoms with Crippen molar-refractivity contribution < 1.29 is 18.3 Å². The van der Waals surface area contributed by atoms with Gasteiger partial charge < -0.3 is 34.4 Å². The van der Waals surface area contributed by atoms with Crippen LogP contribution in [-0.4, -0.2) is 101 Å². The summed E-state index contributed by atoms with van der Waals surface area (Å²) in [4.78, 5) is 45.4. The first-order valence-corrected chi connectivity index (χ1v) is 21.0. The Morgan fingerprint density at radius 2 is 1.54 bits per heavy atom. The molecule has 63 heavy (non-hydrogen) atoms. The molecule has 0 bridgehead atoms. The Hall–Kier alpha value is -6.89. The molecule has 8 heterocycles. The van der Waals surface area contributed by atoms with E-state index in [1.54, 1.807) is 71.4 Å². The second-order valence-corrected chi connectivity index (χ2v) is 16.3. The highest BCUT2D eigenvalue weighted by molar-refractivity contribution is 6.13. The van der Waals surface area contributed by atoms with Crippen LogP contribution in [0.1, 0.15) is 46.6 Å². The maximum absolute atomic E-state index is 14.8. The van der Waals surface area contributed by atoms with E-state index in [1.165, 1.54) is 12.1 Å². The predicted octanol–water partition coefficient (Wildman–Crippen LogP) is 6.30. The Kier molecular flexibility index (Phi) is 10.7. The van der Waals surface area contributed by atoms with E-state index in [0.29, 0.717) is 45.9 Å². The standard InChI is InChI=1S/C45H46F2N14O2/c1-26-19-60-22-30(15-34(46)43(60)54-26)53-25-63-24-28-6-9-37(42-39(28)48-10-13-51-42)58(3)32-17-38(52-18-32)59-14-4-5-29(21-59)56-36-8-7-33(40-41(36)50-12-11-49-40)45(62)57-31-16-35(47)44-55-27(2)20-61(44)23-31/h6-13,15-16,19-20,22-23,29,32,38,52-53,56H,4-5,14,17-18,21,24-25H2,1-3H3,(H,57,62)/t29-,32-,38?/m0/s1. The Morgan fingerprint density at radius 1 is 0.857 bits per heavy atom. The summed E-state index contributed by atoms with van der Waals surface area (Å²) < 4.78 is 38.6. The van der Waals surface area contributed by atoms with Crippen molar-refractivity contribution in [3.05, 3.63) is 120 Å². The molecule has 16 nitrogen and oxygen atoms in total. The van der Waals surface area contributed by atoms with Crippen LogP contribution >= 0.6 is 0 Å². The summed E-state index contributed by atoms with van der Waals surface area (Å²) >= 11 is 0. The quantitative estimate of drug-likeness (QED) is 0.0800. The number of nitrogens with zero attached hydrogens (tertiary/aromatic N) is 10. The van der Waals surface area contributed by atoms with Crippen molar-refractivity contribution in [3.63, 3.8) is 0 Å². The summed E-state index contributed by atoms with van der Waals surface area (Å²) in [6.45, 7) is 6.70. The number of aromatic nitrogens is 8. The molecule has 1 amide bonds. The minimum atomic E-state index is -0.527. The van der Waals surface area contributed by atoms with E-state index >= 15 is 0 Å². The summed E-state index contributed by atoms with van der Waals surface area (Å²) in [7, 11) is 2.12. The summed E-state index contributed by atoms with van der Waals surface area (Å²) in [5, 5.41) is 13.5. The average molecular weight is 853 g/mol. The number of likely N-dealkylation sites (N-methyl/N-ethyl adjacent to an activating group) is 1. The molecular weight excluding hydrogens is 807 g/mol. The van der Waals surface area contributed by atoms with Gasteiger partial charge in [-0.25, -0.2) is 18.7 Å². The second-order valence-electron chi connectivity index (χ2n) is 16.3. The molecule has 0 spiro atoms. The molecule has 10 rings (SSSR count). The van der Waals surface area contributed by atoms with Gasteiger partial charge in [-0.15, -0.1) is 0 Å². The number of anilines is 4. The molecule has 18 heteroatoms. The van der Waals surface area contributed by atoms with Crippen molar-refractivity contribution in [2.24, 2.45) is 0 Å². The third-order valence-corrected chi connectivity index (χ3v) is 12.0. The van der Waals surface area contributed by atoms with E-state index < -0.39 is 17.5 Å². The van der Waals surface area contributed by atoms with Gasteiger partial charge in [0.25, 0.3) is 5.91 Å². The number of fused-ring (bicyclic) bond motifs is 4. The average Bonchev–Trinajstić information content (AvgIpc) is 4.03. The normalized spacial score (nSPS) is 18.1. The molecule has 1 unspecified atom stereocenters. The number of hydrogen-bond acceptors (Lipinski definition) is 13. The van der Waals surface area contributed by atoms with E-state index in [9.17, 15) is 13.6 Å². The molecule has 2 aliphatic heterocycles. The smallest absolute Gasteiger partial charge is 0.257 e. The maximum Gasteiger partial charge on any atom is 0.257 e. The van der Waals surface area contributed by atoms with Crippen molar-refractivity contribution >= 4 is 62.0 Å². The molecular formula is C45H46F2N14O2. The van der Waals surface area contributed by atoms with Gasteiger partial charge in [0.2, 0.25) is 0 Å². The van der Waals surface area contributed by atoms with E-state index in [4.69, 9.17) is 14.7 Å². The SMILES string of the molecule is Cc1cn2cc(NCOCc3ccc(N(C)[C@@H]4CNC(N5CCC[C@H](Nc6ccc(C(=O)Nc7cc(F)c8nc(C)cn8c7)c7nccnc67)C5)C4)c4nccnc34)cc(F)c2n1. The minimum absolute atomic E-state index is 0.144. The van der Waals surface area contributed by atoms with Crippen molar-refractivity contribution in [2.45, 2.75) is 58.0 Å². The number of halogens is 2. The highest BCUT2D eigenvalue weighted by Crippen LogP contribution is 2.32. The number of amides is 1. The number of carbonyl (C=O) groups is 1. The lowest BCUT2D eigenvalue weighted by atomic mass is 10.0. The second kappa shape index (κ2) is 16.8. The van der Waals surface area contributed by atoms with Crippen molar-refractivity contribution in [1.82, 2.24) is 48.9 Å². The van der Waals surface area contributed by atoms with Crippen LogP contribution in [0.25, 0.3) is 33.4 Å². The molecule has 322 valence electrons. The van der Waals surface area contributed by atoms with Gasteiger partial charge in [0.05, 0.1) is 58.0 Å². The van der Waals surface area contributed by atoms with Gasteiger partial charge in [-0.3, -0.25) is 34.9 Å². The number of nitrogens with one attached hydrogen (secondary N) is 4. The fraction of sp³-hybridized carbons (Fsp3) is 0.311. The number of hydrogen-bond donors (Lipinski definition) is 4. The minimum Gasteiger partial charge on any atom is -0.379 e. The number of likely N-dealkylation sites (tertiary alicyclic amines) is 1. The van der Waals surface area contributed by atoms with Crippen LogP contribution in [0, 0.1) is 25.5 Å². The Balaban J connectivity index is 0.770. The summed E-state index contributed by atoms with van der Waals surface area (Å²) in [5.41, 5.74) is 8.48. The number of aryl methyl sites for hydroxylation is 2. The zero-order chi connectivity index (χ0) is 43.2. The van der Waals surface area contributed by atoms with E-state index in [0.717, 1.165) is 72.6 Å². The van der Waals surface area contributed by atoms with Crippen LogP contribution in [0.15, 0.2) is 86.0 Å². The van der Waals surface area contributed by atoms with E-state index in [1.807, 2.05) is 19.1 Å². The monoisotopic (exact) mass is 852 g/mol. The maximum atomic E-state index is 14.8. The summed E-state index contributed by atoms with van der Waals surface area (Å²) in [6, 6.07) is 10.8. The highest BCUT2D eigenvalue weighted by atomic mass is 19.1. The highest BCUT2D eigenvalue weighted by Gasteiger charge is 2.34. The third kappa shape index (κ3) is 8.03. The number of rotatable bonds is 12. The van der Waals surface area contributed by atoms with Gasteiger partial charge in [-0.05, 0) is 57.9 Å². The van der Waals surface area contributed by atoms with Crippen molar-refractivity contribution in [1.29, 1.82) is 0 Å². The number of benzene rings is 2. The van der Waals surface area contributed by atoms with Crippen LogP contribution in [0.5, 0.6) is 0 Å². The van der Waals surface area contributed by atoms with Crippen LogP contribution in [0.2, 0.25) is 0 Å². The molecule has 4 N–H and O–H groups in total. The van der Waals surface area contributed by atoms with Gasteiger partial charge >= 0.3 is 0 Å². The third-order valence-electron chi connectivity index (χ3n) is 12.0. The summed E-state index contributed by atoms with van der Waals surface area (Å²) in [6.07, 6.45) is 16.6. The fourth-order valence-electron chi connectivity index (χ4n) is 8.97. The van der Waals surface area contributed by atoms with Gasteiger partial charge in [0.15, 0.2) is 22.9 Å². The lowest BCUT2D eigenvalue weighted by Gasteiger charge is -2.37. The molecule has 0 radical (unpaired) electrons. The van der Waals surface area contributed by atoms with Crippen LogP contribution in [-0.2, 0) is 11.3 Å². The molecule has 8 aromatic rings. The van der Waals surface area contributed by atoms with Crippen LogP contribution < -0.4 is 26.2 Å². The molecule has 3 atom stereocenters. The first-order valence-electron chi connectivity index (χ1n) is 21.0. The summed E-state index contributed by atoms with van der Waals surface area (Å²) in [5.74, 6) is -1.34. The Bertz CT molecular complexity index is 3010. The Labute approximate surface area is 360 Å². The van der Waals surface area contributed by atoms with Crippen LogP contribution in [0.4, 0.5) is 31.5 Å². The first-order chi connectivity index (χ1) is 30.6. The molecule has 0 saturated carbocycles. The number of imidazole rings is 2. The van der Waals surface area contributed by atoms with E-state index in [2.05, 4.69) is 64.1 Å². The van der Waals surface area contributed by atoms with Gasteiger partial charge in [-0.2, -0.15) is 0 Å². The first kappa shape index (κ1) is 40.2. The topological polar surface area (TPSA) is 167 Å². The van der Waals surface area contributed by atoms with Gasteiger partial charge in [0.1, 0.15) is 23.3 Å². The molecule has 0 aliphatic carbocycles. The fourth-order valence-corrected chi connectivity index (χ4v) is 8.97. The van der Waals surface area contributed by atoms with Crippen LogP contribution in [0.3, 0.4) is 0 Å². The van der Waals surface area contributed by atoms with Crippen molar-refractivity contribution in [3.8, 4) is 0 Å². The number of piperidine rings is 1. The molecule has 2 fully saturated rings. The Morgan fingerprint density at radius 3 is 2.30 bits per heavy atom. The van der Waals surface area contributed by atoms with Crippen molar-refractivity contribution in [2.75, 3.05) is 54.3 Å². The molecule has 2 aromatic carbocycles. The number of ether oxygens (including phenoxy) is 1. The lowest BCUT2D eigenvalue weighted by Crippen LogP contribution is -2.50.